The van der Waals surface area contributed by atoms with Crippen LogP contribution in [0.1, 0.15) is 24.8 Å². The van der Waals surface area contributed by atoms with Gasteiger partial charge in [-0.25, -0.2) is 0 Å². The maximum Gasteiger partial charge on any atom is 0.313 e. The average Bonchev–Trinajstić information content (AvgIpc) is 2.26. The van der Waals surface area contributed by atoms with Crippen LogP contribution in [0.5, 0.6) is 0 Å². The van der Waals surface area contributed by atoms with E-state index in [4.69, 9.17) is 0 Å². The summed E-state index contributed by atoms with van der Waals surface area (Å²) in [7, 11) is 1.33. The van der Waals surface area contributed by atoms with E-state index in [2.05, 4.69) is 4.74 Å². The van der Waals surface area contributed by atoms with Crippen LogP contribution in [0.3, 0.4) is 0 Å². The zero-order valence-electron chi connectivity index (χ0n) is 8.90. The van der Waals surface area contributed by atoms with Crippen LogP contribution in [-0.4, -0.2) is 18.9 Å². The molecule has 3 nitrogen and oxygen atoms in total. The van der Waals surface area contributed by atoms with E-state index in [1.54, 1.807) is 0 Å². The van der Waals surface area contributed by atoms with Gasteiger partial charge in [0.05, 0.1) is 13.0 Å². The zero-order chi connectivity index (χ0) is 11.3. The van der Waals surface area contributed by atoms with E-state index in [0.29, 0.717) is 0 Å². The quantitative estimate of drug-likeness (QED) is 0.707. The number of hydrogen-bond acceptors (Lipinski definition) is 3. The van der Waals surface area contributed by atoms with Crippen molar-refractivity contribution in [1.29, 1.82) is 0 Å². The number of carbonyl (C=O) groups is 2. The van der Waals surface area contributed by atoms with E-state index in [0.717, 1.165) is 5.56 Å². The van der Waals surface area contributed by atoms with Gasteiger partial charge in [-0.3, -0.25) is 9.59 Å². The second-order valence-electron chi connectivity index (χ2n) is 3.39. The third-order valence-electron chi connectivity index (χ3n) is 2.18. The standard InChI is InChI=1S/C12H14O3/c1-9(13)8-11(12(14)15-2)10-6-4-3-5-7-10/h3-7,11H,8H2,1-2H3. The third kappa shape index (κ3) is 3.20. The first-order valence-corrected chi connectivity index (χ1v) is 4.77. The highest BCUT2D eigenvalue weighted by Gasteiger charge is 2.22. The van der Waals surface area contributed by atoms with Crippen molar-refractivity contribution in [1.82, 2.24) is 0 Å². The summed E-state index contributed by atoms with van der Waals surface area (Å²) in [4.78, 5) is 22.5. The monoisotopic (exact) mass is 206 g/mol. The Balaban J connectivity index is 2.91. The van der Waals surface area contributed by atoms with Gasteiger partial charge in [-0.2, -0.15) is 0 Å². The number of benzene rings is 1. The smallest absolute Gasteiger partial charge is 0.313 e. The molecule has 3 heteroatoms. The Hall–Kier alpha value is -1.64. The summed E-state index contributed by atoms with van der Waals surface area (Å²) in [5, 5.41) is 0. The van der Waals surface area contributed by atoms with Gasteiger partial charge in [0.2, 0.25) is 0 Å². The summed E-state index contributed by atoms with van der Waals surface area (Å²) in [6.45, 7) is 1.47. The molecule has 0 aromatic heterocycles. The molecule has 0 fully saturated rings. The number of methoxy groups -OCH3 is 1. The van der Waals surface area contributed by atoms with E-state index in [-0.39, 0.29) is 18.2 Å². The highest BCUT2D eigenvalue weighted by molar-refractivity contribution is 5.86. The second-order valence-corrected chi connectivity index (χ2v) is 3.39. The highest BCUT2D eigenvalue weighted by Crippen LogP contribution is 2.21. The van der Waals surface area contributed by atoms with Gasteiger partial charge < -0.3 is 4.74 Å². The largest absolute Gasteiger partial charge is 0.469 e. The van der Waals surface area contributed by atoms with Crippen LogP contribution < -0.4 is 0 Å². The zero-order valence-corrected chi connectivity index (χ0v) is 8.90. The minimum absolute atomic E-state index is 0.0192. The van der Waals surface area contributed by atoms with Crippen molar-refractivity contribution < 1.29 is 14.3 Å². The van der Waals surface area contributed by atoms with Gasteiger partial charge in [0.1, 0.15) is 5.78 Å². The van der Waals surface area contributed by atoms with Crippen molar-refractivity contribution in [2.24, 2.45) is 0 Å². The van der Waals surface area contributed by atoms with Crippen LogP contribution >= 0.6 is 0 Å². The van der Waals surface area contributed by atoms with Crippen LogP contribution in [0.25, 0.3) is 0 Å². The second kappa shape index (κ2) is 5.29. The Morgan fingerprint density at radius 2 is 1.87 bits per heavy atom. The van der Waals surface area contributed by atoms with Gasteiger partial charge in [-0.05, 0) is 12.5 Å². The molecule has 0 N–H and O–H groups in total. The fourth-order valence-corrected chi connectivity index (χ4v) is 1.45. The Kier molecular flexibility index (Phi) is 4.03. The van der Waals surface area contributed by atoms with Gasteiger partial charge in [-0.1, -0.05) is 30.3 Å². The van der Waals surface area contributed by atoms with Gasteiger partial charge in [0, 0.05) is 6.42 Å². The molecule has 0 radical (unpaired) electrons. The van der Waals surface area contributed by atoms with E-state index in [1.165, 1.54) is 14.0 Å². The molecule has 1 atom stereocenters. The van der Waals surface area contributed by atoms with Gasteiger partial charge in [0.25, 0.3) is 0 Å². The summed E-state index contributed by atoms with van der Waals surface area (Å²) < 4.78 is 4.68. The molecule has 1 aromatic rings. The summed E-state index contributed by atoms with van der Waals surface area (Å²) in [6.07, 6.45) is 0.191. The molecule has 0 aliphatic rings. The summed E-state index contributed by atoms with van der Waals surface area (Å²) in [6, 6.07) is 9.19. The van der Waals surface area contributed by atoms with Crippen LogP contribution in [0.2, 0.25) is 0 Å². The van der Waals surface area contributed by atoms with E-state index in [1.807, 2.05) is 30.3 Å². The molecule has 0 spiro atoms. The predicted molar refractivity (Wildman–Crippen MR) is 56.5 cm³/mol. The van der Waals surface area contributed by atoms with Crippen LogP contribution in [0, 0.1) is 0 Å². The molecule has 1 rings (SSSR count). The molecular weight excluding hydrogens is 192 g/mol. The summed E-state index contributed by atoms with van der Waals surface area (Å²) >= 11 is 0. The first-order chi connectivity index (χ1) is 7.15. The Morgan fingerprint density at radius 1 is 1.27 bits per heavy atom. The first kappa shape index (κ1) is 11.4. The average molecular weight is 206 g/mol. The summed E-state index contributed by atoms with van der Waals surface area (Å²) in [5.41, 5.74) is 0.819. The molecule has 1 unspecified atom stereocenters. The van der Waals surface area contributed by atoms with Crippen molar-refractivity contribution in [2.45, 2.75) is 19.3 Å². The van der Waals surface area contributed by atoms with E-state index in [9.17, 15) is 9.59 Å². The number of rotatable bonds is 4. The van der Waals surface area contributed by atoms with Crippen LogP contribution in [0.15, 0.2) is 30.3 Å². The molecular formula is C12H14O3. The van der Waals surface area contributed by atoms with Gasteiger partial charge in [0.15, 0.2) is 0 Å². The van der Waals surface area contributed by atoms with Crippen molar-refractivity contribution >= 4 is 11.8 Å². The number of esters is 1. The maximum absolute atomic E-state index is 11.5. The van der Waals surface area contributed by atoms with E-state index < -0.39 is 5.92 Å². The Morgan fingerprint density at radius 3 is 2.33 bits per heavy atom. The normalized spacial score (nSPS) is 11.9. The molecule has 0 bridgehead atoms. The maximum atomic E-state index is 11.5. The lowest BCUT2D eigenvalue weighted by Crippen LogP contribution is -2.16. The van der Waals surface area contributed by atoms with Crippen LogP contribution in [0.4, 0.5) is 0 Å². The molecule has 0 saturated heterocycles. The molecule has 0 amide bonds. The fraction of sp³-hybridized carbons (Fsp3) is 0.333. The minimum atomic E-state index is -0.478. The minimum Gasteiger partial charge on any atom is -0.469 e. The van der Waals surface area contributed by atoms with Gasteiger partial charge >= 0.3 is 5.97 Å². The third-order valence-corrected chi connectivity index (χ3v) is 2.18. The van der Waals surface area contributed by atoms with Crippen molar-refractivity contribution in [2.75, 3.05) is 7.11 Å². The predicted octanol–water partition coefficient (Wildman–Crippen LogP) is 1.92. The molecule has 0 heterocycles. The number of Topliss-reactive ketones (excluding diaryl/α,β-unsaturated/α-hetero) is 1. The van der Waals surface area contributed by atoms with E-state index >= 15 is 0 Å². The van der Waals surface area contributed by atoms with Crippen molar-refractivity contribution in [3.63, 3.8) is 0 Å². The highest BCUT2D eigenvalue weighted by atomic mass is 16.5. The molecule has 0 saturated carbocycles. The number of hydrogen-bond donors (Lipinski definition) is 0. The van der Waals surface area contributed by atoms with Crippen molar-refractivity contribution in [3.05, 3.63) is 35.9 Å². The first-order valence-electron chi connectivity index (χ1n) is 4.77. The lowest BCUT2D eigenvalue weighted by atomic mass is 9.94. The molecule has 15 heavy (non-hydrogen) atoms. The van der Waals surface area contributed by atoms with Crippen LogP contribution in [-0.2, 0) is 14.3 Å². The van der Waals surface area contributed by atoms with Crippen molar-refractivity contribution in [3.8, 4) is 0 Å². The molecule has 0 aliphatic heterocycles. The fourth-order valence-electron chi connectivity index (χ4n) is 1.45. The molecule has 0 aliphatic carbocycles. The SMILES string of the molecule is COC(=O)C(CC(C)=O)c1ccccc1. The number of carbonyl (C=O) groups excluding carboxylic acids is 2. The topological polar surface area (TPSA) is 43.4 Å². The Bertz CT molecular complexity index is 343. The molecule has 1 aromatic carbocycles. The number of ether oxygens (including phenoxy) is 1. The molecule has 80 valence electrons. The lowest BCUT2D eigenvalue weighted by Gasteiger charge is -2.12. The van der Waals surface area contributed by atoms with Gasteiger partial charge in [-0.15, -0.1) is 0 Å². The Labute approximate surface area is 89.1 Å². The summed E-state index contributed by atoms with van der Waals surface area (Å²) in [5.74, 6) is -0.862. The lowest BCUT2D eigenvalue weighted by molar-refractivity contribution is -0.143. The number of ketones is 1.